The molecule has 20 heavy (non-hydrogen) atoms. The first-order chi connectivity index (χ1) is 9.61. The van der Waals surface area contributed by atoms with Crippen molar-refractivity contribution < 1.29 is 14.3 Å². The van der Waals surface area contributed by atoms with Gasteiger partial charge in [0.15, 0.2) is 0 Å². The molecular formula is C15H21FN2O2. The smallest absolute Gasteiger partial charge is 0.254 e. The lowest BCUT2D eigenvalue weighted by Gasteiger charge is -2.22. The molecule has 1 heterocycles. The molecule has 1 N–H and O–H groups in total. The fraction of sp³-hybridized carbons (Fsp3) is 0.533. The van der Waals surface area contributed by atoms with Crippen LogP contribution in [0.5, 0.6) is 0 Å². The summed E-state index contributed by atoms with van der Waals surface area (Å²) >= 11 is 0. The summed E-state index contributed by atoms with van der Waals surface area (Å²) in [6.45, 7) is 5.53. The number of nitrogens with zero attached hydrogens (tertiary/aromatic N) is 2. The number of rotatable bonds is 3. The fourth-order valence-electron chi connectivity index (χ4n) is 2.53. The Balaban J connectivity index is 2.07. The molecule has 1 amide bonds. The van der Waals surface area contributed by atoms with Crippen LogP contribution in [0.1, 0.15) is 22.3 Å². The van der Waals surface area contributed by atoms with E-state index in [0.29, 0.717) is 25.2 Å². The highest BCUT2D eigenvalue weighted by atomic mass is 19.1. The first-order valence-corrected chi connectivity index (χ1v) is 7.00. The van der Waals surface area contributed by atoms with Crippen LogP contribution < -0.4 is 0 Å². The van der Waals surface area contributed by atoms with E-state index in [4.69, 9.17) is 5.11 Å². The van der Waals surface area contributed by atoms with Crippen molar-refractivity contribution in [3.63, 3.8) is 0 Å². The van der Waals surface area contributed by atoms with Gasteiger partial charge < -0.3 is 10.0 Å². The van der Waals surface area contributed by atoms with E-state index in [9.17, 15) is 9.18 Å². The zero-order valence-electron chi connectivity index (χ0n) is 11.8. The molecule has 0 aliphatic carbocycles. The number of hydrogen-bond acceptors (Lipinski definition) is 3. The van der Waals surface area contributed by atoms with Crippen molar-refractivity contribution in [2.24, 2.45) is 0 Å². The van der Waals surface area contributed by atoms with Crippen molar-refractivity contribution in [3.05, 3.63) is 35.1 Å². The van der Waals surface area contributed by atoms with Gasteiger partial charge in [-0.05, 0) is 37.6 Å². The zero-order chi connectivity index (χ0) is 14.5. The average molecular weight is 280 g/mol. The van der Waals surface area contributed by atoms with Crippen LogP contribution in [0.15, 0.2) is 18.2 Å². The first kappa shape index (κ1) is 14.9. The van der Waals surface area contributed by atoms with Gasteiger partial charge in [-0.1, -0.05) is 6.07 Å². The Kier molecular flexibility index (Phi) is 5.09. The first-order valence-electron chi connectivity index (χ1n) is 7.00. The highest BCUT2D eigenvalue weighted by Gasteiger charge is 2.21. The fourth-order valence-corrected chi connectivity index (χ4v) is 2.53. The number of benzene rings is 1. The molecule has 110 valence electrons. The Morgan fingerprint density at radius 1 is 1.30 bits per heavy atom. The molecular weight excluding hydrogens is 259 g/mol. The zero-order valence-corrected chi connectivity index (χ0v) is 11.8. The average Bonchev–Trinajstić information content (AvgIpc) is 2.67. The summed E-state index contributed by atoms with van der Waals surface area (Å²) in [5, 5.41) is 8.97. The SMILES string of the molecule is Cc1ccc(F)cc1C(=O)N1CCCN(CCO)CC1. The van der Waals surface area contributed by atoms with Gasteiger partial charge in [0.25, 0.3) is 5.91 Å². The normalized spacial score (nSPS) is 17.1. The monoisotopic (exact) mass is 280 g/mol. The minimum Gasteiger partial charge on any atom is -0.395 e. The predicted molar refractivity (Wildman–Crippen MR) is 75.2 cm³/mol. The summed E-state index contributed by atoms with van der Waals surface area (Å²) in [7, 11) is 0. The molecule has 1 aliphatic rings. The molecule has 1 aromatic rings. The summed E-state index contributed by atoms with van der Waals surface area (Å²) in [6.07, 6.45) is 0.875. The molecule has 1 saturated heterocycles. The third-order valence-corrected chi connectivity index (χ3v) is 3.72. The second-order valence-corrected chi connectivity index (χ2v) is 5.17. The molecule has 5 heteroatoms. The molecule has 0 bridgehead atoms. The van der Waals surface area contributed by atoms with E-state index in [0.717, 1.165) is 25.1 Å². The third kappa shape index (κ3) is 3.55. The van der Waals surface area contributed by atoms with E-state index in [2.05, 4.69) is 4.90 Å². The van der Waals surface area contributed by atoms with Crippen molar-refractivity contribution in [1.29, 1.82) is 0 Å². The number of carbonyl (C=O) groups is 1. The number of halogens is 1. The Bertz CT molecular complexity index is 479. The molecule has 2 rings (SSSR count). The highest BCUT2D eigenvalue weighted by Crippen LogP contribution is 2.14. The van der Waals surface area contributed by atoms with Gasteiger partial charge in [0.2, 0.25) is 0 Å². The molecule has 0 aromatic heterocycles. The van der Waals surface area contributed by atoms with Crippen LogP contribution in [0.25, 0.3) is 0 Å². The van der Waals surface area contributed by atoms with Gasteiger partial charge in [-0.15, -0.1) is 0 Å². The van der Waals surface area contributed by atoms with E-state index >= 15 is 0 Å². The summed E-state index contributed by atoms with van der Waals surface area (Å²) in [5.41, 5.74) is 1.24. The van der Waals surface area contributed by atoms with E-state index in [1.165, 1.54) is 12.1 Å². The number of aliphatic hydroxyl groups excluding tert-OH is 1. The van der Waals surface area contributed by atoms with Crippen LogP contribution >= 0.6 is 0 Å². The maximum Gasteiger partial charge on any atom is 0.254 e. The summed E-state index contributed by atoms with van der Waals surface area (Å²) < 4.78 is 13.3. The number of β-amino-alcohol motifs (C(OH)–C–C–N with tert-alkyl or cyclic N) is 1. The lowest BCUT2D eigenvalue weighted by molar-refractivity contribution is 0.0759. The third-order valence-electron chi connectivity index (χ3n) is 3.72. The molecule has 4 nitrogen and oxygen atoms in total. The second kappa shape index (κ2) is 6.81. The number of amides is 1. The molecule has 0 spiro atoms. The topological polar surface area (TPSA) is 43.8 Å². The van der Waals surface area contributed by atoms with Crippen molar-refractivity contribution in [2.45, 2.75) is 13.3 Å². The molecule has 1 aromatic carbocycles. The van der Waals surface area contributed by atoms with Gasteiger partial charge in [0, 0.05) is 31.7 Å². The van der Waals surface area contributed by atoms with Crippen molar-refractivity contribution in [3.8, 4) is 0 Å². The molecule has 0 unspecified atom stereocenters. The number of carbonyl (C=O) groups excluding carboxylic acids is 1. The minimum absolute atomic E-state index is 0.104. The minimum atomic E-state index is -0.379. The van der Waals surface area contributed by atoms with Gasteiger partial charge in [0.1, 0.15) is 5.82 Å². The Hall–Kier alpha value is -1.46. The molecule has 1 aliphatic heterocycles. The van der Waals surface area contributed by atoms with Crippen LogP contribution in [0.2, 0.25) is 0 Å². The van der Waals surface area contributed by atoms with Gasteiger partial charge in [-0.2, -0.15) is 0 Å². The van der Waals surface area contributed by atoms with Gasteiger partial charge in [-0.25, -0.2) is 4.39 Å². The van der Waals surface area contributed by atoms with Crippen LogP contribution in [0.3, 0.4) is 0 Å². The van der Waals surface area contributed by atoms with E-state index in [-0.39, 0.29) is 18.3 Å². The second-order valence-electron chi connectivity index (χ2n) is 5.17. The molecule has 0 atom stereocenters. The van der Waals surface area contributed by atoms with Gasteiger partial charge in [-0.3, -0.25) is 9.69 Å². The van der Waals surface area contributed by atoms with Crippen LogP contribution in [0.4, 0.5) is 4.39 Å². The summed E-state index contributed by atoms with van der Waals surface area (Å²) in [6, 6.07) is 4.32. The number of aliphatic hydroxyl groups is 1. The predicted octanol–water partition coefficient (Wildman–Crippen LogP) is 1.27. The Labute approximate surface area is 118 Å². The Morgan fingerprint density at radius 2 is 2.10 bits per heavy atom. The quantitative estimate of drug-likeness (QED) is 0.907. The number of hydrogen-bond donors (Lipinski definition) is 1. The summed E-state index contributed by atoms with van der Waals surface area (Å²) in [4.78, 5) is 16.4. The van der Waals surface area contributed by atoms with Crippen LogP contribution in [0, 0.1) is 12.7 Å². The van der Waals surface area contributed by atoms with E-state index in [1.807, 2.05) is 6.92 Å². The van der Waals surface area contributed by atoms with Crippen LogP contribution in [-0.4, -0.2) is 60.1 Å². The van der Waals surface area contributed by atoms with Crippen molar-refractivity contribution in [1.82, 2.24) is 9.80 Å². The van der Waals surface area contributed by atoms with E-state index < -0.39 is 0 Å². The Morgan fingerprint density at radius 3 is 2.85 bits per heavy atom. The van der Waals surface area contributed by atoms with Crippen LogP contribution in [-0.2, 0) is 0 Å². The van der Waals surface area contributed by atoms with Crippen molar-refractivity contribution >= 4 is 5.91 Å². The molecule has 1 fully saturated rings. The highest BCUT2D eigenvalue weighted by molar-refractivity contribution is 5.95. The standard InChI is InChI=1S/C15H21FN2O2/c1-12-3-4-13(16)11-14(12)15(20)18-6-2-5-17(7-8-18)9-10-19/h3-4,11,19H,2,5-10H2,1H3. The maximum atomic E-state index is 13.3. The lowest BCUT2D eigenvalue weighted by atomic mass is 10.1. The number of aryl methyl sites for hydroxylation is 1. The lowest BCUT2D eigenvalue weighted by Crippen LogP contribution is -2.36. The molecule has 0 radical (unpaired) electrons. The largest absolute Gasteiger partial charge is 0.395 e. The van der Waals surface area contributed by atoms with Gasteiger partial charge in [0.05, 0.1) is 6.61 Å². The van der Waals surface area contributed by atoms with E-state index in [1.54, 1.807) is 11.0 Å². The molecule has 0 saturated carbocycles. The van der Waals surface area contributed by atoms with Gasteiger partial charge >= 0.3 is 0 Å². The van der Waals surface area contributed by atoms with Crippen molar-refractivity contribution in [2.75, 3.05) is 39.3 Å². The maximum absolute atomic E-state index is 13.3. The summed E-state index contributed by atoms with van der Waals surface area (Å²) in [5.74, 6) is -0.483.